The minimum Gasteiger partial charge on any atom is -0.497 e. The fraction of sp³-hybridized carbons (Fsp3) is 0.130. The lowest BCUT2D eigenvalue weighted by atomic mass is 10.1. The molecule has 0 bridgehead atoms. The monoisotopic (exact) mass is 408 g/mol. The van der Waals surface area contributed by atoms with E-state index in [1.54, 1.807) is 67.8 Å². The molecule has 3 aromatic carbocycles. The smallest absolute Gasteiger partial charge is 0.257 e. The second-order valence-electron chi connectivity index (χ2n) is 6.31. The Labute approximate surface area is 173 Å². The van der Waals surface area contributed by atoms with E-state index in [0.717, 1.165) is 0 Å². The molecule has 0 spiro atoms. The van der Waals surface area contributed by atoms with E-state index in [2.05, 4.69) is 10.6 Å². The summed E-state index contributed by atoms with van der Waals surface area (Å²) in [6, 6.07) is 19.6. The van der Waals surface area contributed by atoms with Crippen LogP contribution in [0.2, 0.25) is 0 Å². The Morgan fingerprint density at radius 1 is 0.933 bits per heavy atom. The average molecular weight is 408 g/mol. The fourth-order valence-corrected chi connectivity index (χ4v) is 2.72. The first-order chi connectivity index (χ1) is 14.6. The molecule has 0 unspecified atom stereocenters. The van der Waals surface area contributed by atoms with Crippen LogP contribution >= 0.6 is 0 Å². The van der Waals surface area contributed by atoms with E-state index in [1.165, 1.54) is 12.1 Å². The first kappa shape index (κ1) is 20.9. The van der Waals surface area contributed by atoms with Crippen LogP contribution in [0.5, 0.6) is 11.5 Å². The molecular weight excluding hydrogens is 387 g/mol. The zero-order valence-corrected chi connectivity index (χ0v) is 16.4. The average Bonchev–Trinajstić information content (AvgIpc) is 2.75. The predicted octanol–water partition coefficient (Wildman–Crippen LogP) is 4.49. The molecule has 0 atom stereocenters. The van der Waals surface area contributed by atoms with Crippen LogP contribution in [0, 0.1) is 5.82 Å². The van der Waals surface area contributed by atoms with Gasteiger partial charge in [-0.2, -0.15) is 0 Å². The summed E-state index contributed by atoms with van der Waals surface area (Å²) in [4.78, 5) is 25.0. The van der Waals surface area contributed by atoms with Crippen molar-refractivity contribution in [3.8, 4) is 11.5 Å². The standard InChI is InChI=1S/C23H21FN2O4/c1-29-17-8-6-7-16(15-17)25-23(28)18-9-2-4-11-20(18)26-22(27)13-14-30-21-12-5-3-10-19(21)24/h2-12,15H,13-14H2,1H3,(H,25,28)(H,26,27). The van der Waals surface area contributed by atoms with Gasteiger partial charge in [-0.15, -0.1) is 0 Å². The van der Waals surface area contributed by atoms with Gasteiger partial charge in [-0.3, -0.25) is 9.59 Å². The van der Waals surface area contributed by atoms with E-state index in [4.69, 9.17) is 9.47 Å². The van der Waals surface area contributed by atoms with Crippen molar-refractivity contribution in [1.29, 1.82) is 0 Å². The molecular formula is C23H21FN2O4. The first-order valence-electron chi connectivity index (χ1n) is 9.28. The highest BCUT2D eigenvalue weighted by Gasteiger charge is 2.14. The summed E-state index contributed by atoms with van der Waals surface area (Å²) < 4.78 is 24.0. The summed E-state index contributed by atoms with van der Waals surface area (Å²) in [5.74, 6) is -0.514. The number of hydrogen-bond acceptors (Lipinski definition) is 4. The number of amides is 2. The van der Waals surface area contributed by atoms with Crippen molar-refractivity contribution in [3.63, 3.8) is 0 Å². The van der Waals surface area contributed by atoms with Gasteiger partial charge < -0.3 is 20.1 Å². The van der Waals surface area contributed by atoms with Gasteiger partial charge in [0.2, 0.25) is 5.91 Å². The van der Waals surface area contributed by atoms with Crippen LogP contribution in [-0.4, -0.2) is 25.5 Å². The Hall–Kier alpha value is -3.87. The maximum absolute atomic E-state index is 13.6. The quantitative estimate of drug-likeness (QED) is 0.576. The van der Waals surface area contributed by atoms with Gasteiger partial charge in [0.05, 0.1) is 31.4 Å². The number of rotatable bonds is 8. The number of methoxy groups -OCH3 is 1. The number of para-hydroxylation sites is 2. The van der Waals surface area contributed by atoms with Crippen LogP contribution in [-0.2, 0) is 4.79 Å². The number of carbonyl (C=O) groups excluding carboxylic acids is 2. The summed E-state index contributed by atoms with van der Waals surface area (Å²) in [6.45, 7) is 0.00490. The second-order valence-corrected chi connectivity index (χ2v) is 6.31. The van der Waals surface area contributed by atoms with E-state index in [-0.39, 0.29) is 30.6 Å². The van der Waals surface area contributed by atoms with Gasteiger partial charge in [0.1, 0.15) is 5.75 Å². The molecule has 0 saturated carbocycles. The molecule has 0 aromatic heterocycles. The van der Waals surface area contributed by atoms with Gasteiger partial charge in [0, 0.05) is 11.8 Å². The maximum Gasteiger partial charge on any atom is 0.257 e. The Kier molecular flexibility index (Phi) is 7.00. The molecule has 0 aliphatic heterocycles. The fourth-order valence-electron chi connectivity index (χ4n) is 2.72. The molecule has 2 N–H and O–H groups in total. The molecule has 3 rings (SSSR count). The lowest BCUT2D eigenvalue weighted by Gasteiger charge is -2.12. The molecule has 0 radical (unpaired) electrons. The van der Waals surface area contributed by atoms with E-state index < -0.39 is 5.82 Å². The number of nitrogens with one attached hydrogen (secondary N) is 2. The van der Waals surface area contributed by atoms with Crippen LogP contribution in [0.3, 0.4) is 0 Å². The molecule has 0 aliphatic rings. The molecule has 0 heterocycles. The van der Waals surface area contributed by atoms with Crippen molar-refractivity contribution in [3.05, 3.63) is 84.2 Å². The van der Waals surface area contributed by atoms with Crippen molar-refractivity contribution in [2.45, 2.75) is 6.42 Å². The third-order valence-electron chi connectivity index (χ3n) is 4.20. The Bertz CT molecular complexity index is 1040. The summed E-state index contributed by atoms with van der Waals surface area (Å²) in [5, 5.41) is 5.48. The topological polar surface area (TPSA) is 76.7 Å². The van der Waals surface area contributed by atoms with Crippen LogP contribution in [0.25, 0.3) is 0 Å². The van der Waals surface area contributed by atoms with Gasteiger partial charge in [-0.25, -0.2) is 4.39 Å². The summed E-state index contributed by atoms with van der Waals surface area (Å²) in [5.41, 5.74) is 1.25. The van der Waals surface area contributed by atoms with Gasteiger partial charge in [-0.1, -0.05) is 30.3 Å². The van der Waals surface area contributed by atoms with E-state index in [1.807, 2.05) is 0 Å². The molecule has 154 valence electrons. The number of halogens is 1. The highest BCUT2D eigenvalue weighted by atomic mass is 19.1. The Morgan fingerprint density at radius 3 is 2.50 bits per heavy atom. The van der Waals surface area contributed by atoms with Gasteiger partial charge in [0.25, 0.3) is 5.91 Å². The molecule has 0 saturated heterocycles. The Balaban J connectivity index is 1.60. The van der Waals surface area contributed by atoms with Crippen LogP contribution < -0.4 is 20.1 Å². The van der Waals surface area contributed by atoms with Crippen LogP contribution in [0.1, 0.15) is 16.8 Å². The third-order valence-corrected chi connectivity index (χ3v) is 4.20. The first-order valence-corrected chi connectivity index (χ1v) is 9.28. The van der Waals surface area contributed by atoms with Crippen molar-refractivity contribution in [1.82, 2.24) is 0 Å². The minimum absolute atomic E-state index is 0.000170. The van der Waals surface area contributed by atoms with E-state index >= 15 is 0 Å². The highest BCUT2D eigenvalue weighted by Crippen LogP contribution is 2.21. The Morgan fingerprint density at radius 2 is 1.70 bits per heavy atom. The number of anilines is 2. The summed E-state index contributed by atoms with van der Waals surface area (Å²) >= 11 is 0. The number of ether oxygens (including phenoxy) is 2. The second kappa shape index (κ2) is 10.1. The van der Waals surface area contributed by atoms with E-state index in [9.17, 15) is 14.0 Å². The SMILES string of the molecule is COc1cccc(NC(=O)c2ccccc2NC(=O)CCOc2ccccc2F)c1. The lowest BCUT2D eigenvalue weighted by molar-refractivity contribution is -0.116. The normalized spacial score (nSPS) is 10.2. The number of carbonyl (C=O) groups is 2. The zero-order valence-electron chi connectivity index (χ0n) is 16.4. The number of hydrogen-bond donors (Lipinski definition) is 2. The largest absolute Gasteiger partial charge is 0.497 e. The molecule has 0 aliphatic carbocycles. The number of benzene rings is 3. The summed E-state index contributed by atoms with van der Waals surface area (Å²) in [7, 11) is 1.54. The van der Waals surface area contributed by atoms with Gasteiger partial charge >= 0.3 is 0 Å². The molecule has 6 nitrogen and oxygen atoms in total. The molecule has 7 heteroatoms. The van der Waals surface area contributed by atoms with Gasteiger partial charge in [-0.05, 0) is 36.4 Å². The maximum atomic E-state index is 13.6. The van der Waals surface area contributed by atoms with Crippen molar-refractivity contribution in [2.24, 2.45) is 0 Å². The van der Waals surface area contributed by atoms with Crippen molar-refractivity contribution in [2.75, 3.05) is 24.4 Å². The van der Waals surface area contributed by atoms with Crippen molar-refractivity contribution >= 4 is 23.2 Å². The molecule has 30 heavy (non-hydrogen) atoms. The van der Waals surface area contributed by atoms with E-state index in [0.29, 0.717) is 22.7 Å². The van der Waals surface area contributed by atoms with Crippen molar-refractivity contribution < 1.29 is 23.5 Å². The predicted molar refractivity (Wildman–Crippen MR) is 113 cm³/mol. The molecule has 3 aromatic rings. The third kappa shape index (κ3) is 5.57. The molecule has 0 fully saturated rings. The highest BCUT2D eigenvalue weighted by molar-refractivity contribution is 6.10. The van der Waals surface area contributed by atoms with Crippen LogP contribution in [0.4, 0.5) is 15.8 Å². The van der Waals surface area contributed by atoms with Crippen LogP contribution in [0.15, 0.2) is 72.8 Å². The zero-order chi connectivity index (χ0) is 21.3. The summed E-state index contributed by atoms with van der Waals surface area (Å²) in [6.07, 6.45) is 0.000170. The van der Waals surface area contributed by atoms with Gasteiger partial charge in [0.15, 0.2) is 11.6 Å². The lowest BCUT2D eigenvalue weighted by Crippen LogP contribution is -2.19. The minimum atomic E-state index is -0.488. The molecule has 2 amide bonds.